The van der Waals surface area contributed by atoms with Crippen LogP contribution in [0.4, 0.5) is 5.69 Å². The molecule has 0 saturated carbocycles. The topological polar surface area (TPSA) is 99.2 Å². The lowest BCUT2D eigenvalue weighted by Crippen LogP contribution is -2.41. The Morgan fingerprint density at radius 1 is 1.43 bits per heavy atom. The Kier molecular flexibility index (Phi) is 4.83. The maximum atomic E-state index is 12.3. The quantitative estimate of drug-likeness (QED) is 0.787. The van der Waals surface area contributed by atoms with Gasteiger partial charge in [0.2, 0.25) is 10.0 Å². The molecular formula is C14H20N4O2S. The van der Waals surface area contributed by atoms with Crippen LogP contribution in [0, 0.1) is 11.3 Å². The molecular weight excluding hydrogens is 288 g/mol. The number of nitrogens with one attached hydrogen (secondary N) is 1. The smallest absolute Gasteiger partial charge is 0.242 e. The second-order valence-corrected chi connectivity index (χ2v) is 7.08. The number of benzene rings is 1. The first-order chi connectivity index (χ1) is 9.92. The summed E-state index contributed by atoms with van der Waals surface area (Å²) >= 11 is 0. The van der Waals surface area contributed by atoms with Gasteiger partial charge in [0, 0.05) is 12.6 Å². The minimum Gasteiger partial charge on any atom is -0.398 e. The van der Waals surface area contributed by atoms with E-state index in [-0.39, 0.29) is 16.6 Å². The van der Waals surface area contributed by atoms with Gasteiger partial charge < -0.3 is 10.6 Å². The first-order valence-electron chi connectivity index (χ1n) is 6.96. The molecule has 1 aromatic rings. The SMILES string of the molecule is CC(CN1CCCC1)NS(=O)(=O)c1ccc(C#N)cc1N. The van der Waals surface area contributed by atoms with Crippen LogP contribution in [0.3, 0.4) is 0 Å². The molecule has 2 rings (SSSR count). The van der Waals surface area contributed by atoms with Crippen molar-refractivity contribution < 1.29 is 8.42 Å². The number of hydrogen-bond acceptors (Lipinski definition) is 5. The number of nitrogen functional groups attached to an aromatic ring is 1. The van der Waals surface area contributed by atoms with Gasteiger partial charge in [-0.2, -0.15) is 5.26 Å². The van der Waals surface area contributed by atoms with Gasteiger partial charge in [0.25, 0.3) is 0 Å². The molecule has 1 saturated heterocycles. The monoisotopic (exact) mass is 308 g/mol. The number of nitrogens with zero attached hydrogens (tertiary/aromatic N) is 2. The van der Waals surface area contributed by atoms with Crippen molar-refractivity contribution in [3.8, 4) is 6.07 Å². The largest absolute Gasteiger partial charge is 0.398 e. The van der Waals surface area contributed by atoms with Gasteiger partial charge in [-0.15, -0.1) is 0 Å². The molecule has 0 amide bonds. The zero-order chi connectivity index (χ0) is 15.5. The van der Waals surface area contributed by atoms with E-state index in [0.717, 1.165) is 13.1 Å². The Labute approximate surface area is 125 Å². The Morgan fingerprint density at radius 3 is 2.67 bits per heavy atom. The number of rotatable bonds is 5. The molecule has 0 aliphatic carbocycles. The molecule has 1 unspecified atom stereocenters. The molecule has 1 aromatic carbocycles. The third-order valence-corrected chi connectivity index (χ3v) is 5.18. The molecule has 21 heavy (non-hydrogen) atoms. The van der Waals surface area contributed by atoms with Crippen LogP contribution in [0.1, 0.15) is 25.3 Å². The summed E-state index contributed by atoms with van der Waals surface area (Å²) in [5, 5.41) is 8.78. The van der Waals surface area contributed by atoms with E-state index >= 15 is 0 Å². The summed E-state index contributed by atoms with van der Waals surface area (Å²) in [4.78, 5) is 2.27. The molecule has 1 aliphatic rings. The van der Waals surface area contributed by atoms with Crippen LogP contribution in [0.5, 0.6) is 0 Å². The summed E-state index contributed by atoms with van der Waals surface area (Å²) in [5.74, 6) is 0. The Balaban J connectivity index is 2.09. The molecule has 1 fully saturated rings. The van der Waals surface area contributed by atoms with Crippen LogP contribution in [0.2, 0.25) is 0 Å². The van der Waals surface area contributed by atoms with Crippen LogP contribution in [-0.2, 0) is 10.0 Å². The van der Waals surface area contributed by atoms with E-state index < -0.39 is 10.0 Å². The van der Waals surface area contributed by atoms with E-state index in [1.807, 2.05) is 13.0 Å². The number of nitriles is 1. The number of likely N-dealkylation sites (tertiary alicyclic amines) is 1. The highest BCUT2D eigenvalue weighted by Crippen LogP contribution is 2.20. The van der Waals surface area contributed by atoms with Gasteiger partial charge in [0.15, 0.2) is 0 Å². The van der Waals surface area contributed by atoms with Crippen molar-refractivity contribution in [1.82, 2.24) is 9.62 Å². The number of nitrogens with two attached hydrogens (primary N) is 1. The van der Waals surface area contributed by atoms with Gasteiger partial charge in [0.05, 0.1) is 17.3 Å². The average Bonchev–Trinajstić information content (AvgIpc) is 2.90. The molecule has 0 spiro atoms. The fourth-order valence-corrected chi connectivity index (χ4v) is 3.93. The highest BCUT2D eigenvalue weighted by Gasteiger charge is 2.22. The van der Waals surface area contributed by atoms with Gasteiger partial charge in [-0.25, -0.2) is 13.1 Å². The molecule has 0 aromatic heterocycles. The van der Waals surface area contributed by atoms with Crippen molar-refractivity contribution in [2.24, 2.45) is 0 Å². The van der Waals surface area contributed by atoms with Crippen molar-refractivity contribution in [2.45, 2.75) is 30.7 Å². The normalized spacial score (nSPS) is 17.5. The summed E-state index contributed by atoms with van der Waals surface area (Å²) in [6.45, 7) is 4.57. The maximum Gasteiger partial charge on any atom is 0.242 e. The van der Waals surface area contributed by atoms with Crippen LogP contribution < -0.4 is 10.5 Å². The van der Waals surface area contributed by atoms with E-state index in [2.05, 4.69) is 9.62 Å². The zero-order valence-corrected chi connectivity index (χ0v) is 12.9. The molecule has 1 atom stereocenters. The van der Waals surface area contributed by atoms with Gasteiger partial charge in [-0.3, -0.25) is 0 Å². The van der Waals surface area contributed by atoms with Crippen LogP contribution in [0.25, 0.3) is 0 Å². The standard InChI is InChI=1S/C14H20N4O2S/c1-11(10-18-6-2-3-7-18)17-21(19,20)14-5-4-12(9-15)8-13(14)16/h4-5,8,11,17H,2-3,6-7,10,16H2,1H3. The predicted octanol–water partition coefficient (Wildman–Crippen LogP) is 0.903. The molecule has 0 bridgehead atoms. The summed E-state index contributed by atoms with van der Waals surface area (Å²) in [6.07, 6.45) is 2.34. The molecule has 0 radical (unpaired) electrons. The number of anilines is 1. The molecule has 3 N–H and O–H groups in total. The highest BCUT2D eigenvalue weighted by molar-refractivity contribution is 7.89. The minimum atomic E-state index is -3.67. The summed E-state index contributed by atoms with van der Waals surface area (Å²) < 4.78 is 27.3. The molecule has 1 aliphatic heterocycles. The Morgan fingerprint density at radius 2 is 2.10 bits per heavy atom. The third kappa shape index (κ3) is 3.94. The molecule has 7 heteroatoms. The fraction of sp³-hybridized carbons (Fsp3) is 0.500. The second kappa shape index (κ2) is 6.43. The Hall–Kier alpha value is -1.62. The van der Waals surface area contributed by atoms with Crippen LogP contribution in [-0.4, -0.2) is 39.0 Å². The van der Waals surface area contributed by atoms with Crippen LogP contribution in [0.15, 0.2) is 23.1 Å². The predicted molar refractivity (Wildman–Crippen MR) is 81.0 cm³/mol. The first kappa shape index (κ1) is 15.8. The van der Waals surface area contributed by atoms with Gasteiger partial charge >= 0.3 is 0 Å². The fourth-order valence-electron chi connectivity index (χ4n) is 2.58. The van der Waals surface area contributed by atoms with Gasteiger partial charge in [-0.05, 0) is 51.1 Å². The average molecular weight is 308 g/mol. The lowest BCUT2D eigenvalue weighted by Gasteiger charge is -2.21. The van der Waals surface area contributed by atoms with Gasteiger partial charge in [-0.1, -0.05) is 0 Å². The molecule has 114 valence electrons. The first-order valence-corrected chi connectivity index (χ1v) is 8.45. The summed E-state index contributed by atoms with van der Waals surface area (Å²) in [7, 11) is -3.67. The number of hydrogen-bond donors (Lipinski definition) is 2. The van der Waals surface area contributed by atoms with Crippen molar-refractivity contribution in [3.63, 3.8) is 0 Å². The summed E-state index contributed by atoms with van der Waals surface area (Å²) in [5.41, 5.74) is 6.18. The zero-order valence-electron chi connectivity index (χ0n) is 12.0. The van der Waals surface area contributed by atoms with Crippen molar-refractivity contribution in [2.75, 3.05) is 25.4 Å². The van der Waals surface area contributed by atoms with Crippen molar-refractivity contribution in [1.29, 1.82) is 5.26 Å². The molecule has 6 nitrogen and oxygen atoms in total. The third-order valence-electron chi connectivity index (χ3n) is 3.52. The summed E-state index contributed by atoms with van der Waals surface area (Å²) in [6, 6.07) is 5.94. The van der Waals surface area contributed by atoms with E-state index in [1.54, 1.807) is 0 Å². The number of sulfonamides is 1. The van der Waals surface area contributed by atoms with E-state index in [1.165, 1.54) is 31.0 Å². The maximum absolute atomic E-state index is 12.3. The van der Waals surface area contributed by atoms with Gasteiger partial charge in [0.1, 0.15) is 4.90 Å². The van der Waals surface area contributed by atoms with E-state index in [4.69, 9.17) is 11.0 Å². The minimum absolute atomic E-state index is 0.0229. The lowest BCUT2D eigenvalue weighted by atomic mass is 10.2. The van der Waals surface area contributed by atoms with Crippen molar-refractivity contribution in [3.05, 3.63) is 23.8 Å². The highest BCUT2D eigenvalue weighted by atomic mass is 32.2. The lowest BCUT2D eigenvalue weighted by molar-refractivity contribution is 0.313. The van der Waals surface area contributed by atoms with E-state index in [9.17, 15) is 8.42 Å². The second-order valence-electron chi connectivity index (χ2n) is 5.39. The molecule has 1 heterocycles. The van der Waals surface area contributed by atoms with Crippen molar-refractivity contribution >= 4 is 15.7 Å². The van der Waals surface area contributed by atoms with Crippen LogP contribution >= 0.6 is 0 Å². The van der Waals surface area contributed by atoms with E-state index in [0.29, 0.717) is 12.1 Å². The Bertz CT molecular complexity index is 645.